The summed E-state index contributed by atoms with van der Waals surface area (Å²) in [6, 6.07) is 7.06. The number of halogens is 4. The number of benzene rings is 2. The average Bonchev–Trinajstić information content (AvgIpc) is 3.38. The van der Waals surface area contributed by atoms with Crippen molar-refractivity contribution in [2.75, 3.05) is 55.8 Å². The Balaban J connectivity index is 1.30. The van der Waals surface area contributed by atoms with E-state index in [4.69, 9.17) is 10.5 Å². The quantitative estimate of drug-likeness (QED) is 0.175. The van der Waals surface area contributed by atoms with E-state index in [0.717, 1.165) is 26.1 Å². The van der Waals surface area contributed by atoms with E-state index in [2.05, 4.69) is 30.9 Å². The fraction of sp³-hybridized carbons (Fsp3) is 0.286. The van der Waals surface area contributed by atoms with Crippen LogP contribution >= 0.6 is 0 Å². The lowest BCUT2D eigenvalue weighted by molar-refractivity contribution is -0.137. The van der Waals surface area contributed by atoms with E-state index in [1.807, 2.05) is 0 Å². The topological polar surface area (TPSA) is 139 Å². The van der Waals surface area contributed by atoms with E-state index in [9.17, 15) is 27.2 Å². The van der Waals surface area contributed by atoms with Gasteiger partial charge in [0.05, 0.1) is 30.0 Å². The molecule has 3 heterocycles. The molecule has 2 aromatic heterocycles. The normalized spacial score (nSPS) is 14.0. The van der Waals surface area contributed by atoms with Gasteiger partial charge in [0.1, 0.15) is 17.7 Å². The largest absolute Gasteiger partial charge is 0.416 e. The molecule has 5 rings (SSSR count). The fourth-order valence-corrected chi connectivity index (χ4v) is 4.73. The standard InChI is InChI=1S/C28H28F4N8O3/c29-21-7-4-18(28(30,31)32)14-22(21)38-27(42)37-19-5-2-17(3-6-19)23-20(15-40-24(23)25(33)35-16-36-40)26(41)34-8-1-9-39-10-12-43-13-11-39/h2-7,14-16H,1,8-13H2,(H,34,41)(H2,33,35,36)(H2,37,38,42). The van der Waals surface area contributed by atoms with Crippen LogP contribution in [-0.2, 0) is 10.9 Å². The van der Waals surface area contributed by atoms with Gasteiger partial charge in [0.15, 0.2) is 5.82 Å². The van der Waals surface area contributed by atoms with Gasteiger partial charge in [-0.3, -0.25) is 9.69 Å². The molecule has 0 saturated carbocycles. The highest BCUT2D eigenvalue weighted by atomic mass is 19.4. The van der Waals surface area contributed by atoms with E-state index < -0.39 is 29.3 Å². The summed E-state index contributed by atoms with van der Waals surface area (Å²) in [4.78, 5) is 32.0. The van der Waals surface area contributed by atoms with Gasteiger partial charge < -0.3 is 26.4 Å². The number of fused-ring (bicyclic) bond motifs is 1. The van der Waals surface area contributed by atoms with Crippen LogP contribution in [0.1, 0.15) is 22.3 Å². The molecule has 0 unspecified atom stereocenters. The van der Waals surface area contributed by atoms with Crippen molar-refractivity contribution >= 4 is 34.6 Å². The molecule has 4 aromatic rings. The molecular weight excluding hydrogens is 572 g/mol. The first-order valence-electron chi connectivity index (χ1n) is 13.4. The van der Waals surface area contributed by atoms with Gasteiger partial charge in [0, 0.05) is 37.1 Å². The lowest BCUT2D eigenvalue weighted by Crippen LogP contribution is -2.38. The molecule has 1 aliphatic rings. The van der Waals surface area contributed by atoms with Crippen LogP contribution in [0.25, 0.3) is 16.6 Å². The average molecular weight is 601 g/mol. The van der Waals surface area contributed by atoms with Crippen molar-refractivity contribution in [2.24, 2.45) is 0 Å². The van der Waals surface area contributed by atoms with Crippen LogP contribution in [-0.4, -0.2) is 70.8 Å². The van der Waals surface area contributed by atoms with E-state index in [1.54, 1.807) is 18.3 Å². The first kappa shape index (κ1) is 29.7. The number of nitrogens with one attached hydrogen (secondary N) is 3. The SMILES string of the molecule is Nc1ncnn2cc(C(=O)NCCCN3CCOCC3)c(-c3ccc(NC(=O)Nc4cc(C(F)(F)F)ccc4F)cc3)c12. The van der Waals surface area contributed by atoms with Gasteiger partial charge in [-0.15, -0.1) is 0 Å². The molecule has 0 radical (unpaired) electrons. The van der Waals surface area contributed by atoms with Crippen molar-refractivity contribution in [3.05, 3.63) is 71.9 Å². The second-order valence-electron chi connectivity index (χ2n) is 9.77. The number of ether oxygens (including phenoxy) is 1. The summed E-state index contributed by atoms with van der Waals surface area (Å²) in [5.41, 5.74) is 6.45. The summed E-state index contributed by atoms with van der Waals surface area (Å²) in [5, 5.41) is 11.7. The molecule has 1 fully saturated rings. The highest BCUT2D eigenvalue weighted by Crippen LogP contribution is 2.34. The number of anilines is 3. The summed E-state index contributed by atoms with van der Waals surface area (Å²) in [6.07, 6.45) is -1.12. The molecular formula is C28H28F4N8O3. The van der Waals surface area contributed by atoms with Gasteiger partial charge in [-0.2, -0.15) is 18.3 Å². The minimum Gasteiger partial charge on any atom is -0.382 e. The molecule has 0 bridgehead atoms. The minimum absolute atomic E-state index is 0.154. The van der Waals surface area contributed by atoms with Crippen LogP contribution in [0.15, 0.2) is 55.0 Å². The number of rotatable bonds is 8. The first-order chi connectivity index (χ1) is 20.6. The van der Waals surface area contributed by atoms with Crippen LogP contribution < -0.4 is 21.7 Å². The molecule has 43 heavy (non-hydrogen) atoms. The third-order valence-electron chi connectivity index (χ3n) is 6.86. The van der Waals surface area contributed by atoms with Crippen LogP contribution in [0.3, 0.4) is 0 Å². The van der Waals surface area contributed by atoms with Crippen molar-refractivity contribution in [3.63, 3.8) is 0 Å². The van der Waals surface area contributed by atoms with Gasteiger partial charge in [0.2, 0.25) is 0 Å². The Kier molecular flexibility index (Phi) is 8.73. The third kappa shape index (κ3) is 7.01. The molecule has 2 aromatic carbocycles. The molecule has 3 amide bonds. The number of hydrogen-bond acceptors (Lipinski definition) is 7. The predicted octanol–water partition coefficient (Wildman–Crippen LogP) is 4.23. The van der Waals surface area contributed by atoms with Crippen LogP contribution in [0.2, 0.25) is 0 Å². The molecule has 226 valence electrons. The molecule has 0 atom stereocenters. The zero-order valence-corrected chi connectivity index (χ0v) is 22.7. The second kappa shape index (κ2) is 12.6. The number of nitrogen functional groups attached to an aromatic ring is 1. The van der Waals surface area contributed by atoms with Gasteiger partial charge in [-0.05, 0) is 48.9 Å². The lowest BCUT2D eigenvalue weighted by atomic mass is 10.0. The number of aromatic nitrogens is 3. The van der Waals surface area contributed by atoms with E-state index in [1.165, 1.54) is 23.0 Å². The maximum Gasteiger partial charge on any atom is 0.416 e. The van der Waals surface area contributed by atoms with Gasteiger partial charge in [0.25, 0.3) is 5.91 Å². The maximum atomic E-state index is 14.0. The zero-order chi connectivity index (χ0) is 30.6. The molecule has 15 heteroatoms. The minimum atomic E-state index is -4.70. The smallest absolute Gasteiger partial charge is 0.382 e. The number of alkyl halides is 3. The summed E-state index contributed by atoms with van der Waals surface area (Å²) in [7, 11) is 0. The summed E-state index contributed by atoms with van der Waals surface area (Å²) >= 11 is 0. The second-order valence-corrected chi connectivity index (χ2v) is 9.77. The Labute approximate surface area is 243 Å². The predicted molar refractivity (Wildman–Crippen MR) is 151 cm³/mol. The van der Waals surface area contributed by atoms with Crippen molar-refractivity contribution in [1.82, 2.24) is 24.8 Å². The Morgan fingerprint density at radius 1 is 1.05 bits per heavy atom. The van der Waals surface area contributed by atoms with Gasteiger partial charge in [-0.1, -0.05) is 12.1 Å². The van der Waals surface area contributed by atoms with E-state index in [-0.39, 0.29) is 17.4 Å². The highest BCUT2D eigenvalue weighted by Gasteiger charge is 2.31. The molecule has 1 aliphatic heterocycles. The fourth-order valence-electron chi connectivity index (χ4n) is 4.73. The Morgan fingerprint density at radius 2 is 1.79 bits per heavy atom. The monoisotopic (exact) mass is 600 g/mol. The third-order valence-corrected chi connectivity index (χ3v) is 6.86. The number of morpholine rings is 1. The first-order valence-corrected chi connectivity index (χ1v) is 13.4. The lowest BCUT2D eigenvalue weighted by Gasteiger charge is -2.26. The number of urea groups is 1. The number of hydrogen-bond donors (Lipinski definition) is 4. The Hall–Kier alpha value is -4.76. The van der Waals surface area contributed by atoms with E-state index in [0.29, 0.717) is 60.2 Å². The van der Waals surface area contributed by atoms with Crippen LogP contribution in [0, 0.1) is 5.82 Å². The van der Waals surface area contributed by atoms with Gasteiger partial charge >= 0.3 is 12.2 Å². The van der Waals surface area contributed by atoms with Crippen LogP contribution in [0.4, 0.5) is 39.5 Å². The summed E-state index contributed by atoms with van der Waals surface area (Å²) in [5.74, 6) is -1.20. The molecule has 5 N–H and O–H groups in total. The number of amides is 3. The number of carbonyl (C=O) groups excluding carboxylic acids is 2. The maximum absolute atomic E-state index is 14.0. The van der Waals surface area contributed by atoms with Crippen LogP contribution in [0.5, 0.6) is 0 Å². The van der Waals surface area contributed by atoms with Crippen molar-refractivity contribution < 1.29 is 31.9 Å². The molecule has 0 spiro atoms. The van der Waals surface area contributed by atoms with Crippen molar-refractivity contribution in [2.45, 2.75) is 12.6 Å². The van der Waals surface area contributed by atoms with Crippen molar-refractivity contribution in [3.8, 4) is 11.1 Å². The Bertz CT molecular complexity index is 1620. The summed E-state index contributed by atoms with van der Waals surface area (Å²) < 4.78 is 59.8. The van der Waals surface area contributed by atoms with Gasteiger partial charge in [-0.25, -0.2) is 18.7 Å². The zero-order valence-electron chi connectivity index (χ0n) is 22.7. The molecule has 1 saturated heterocycles. The Morgan fingerprint density at radius 3 is 2.51 bits per heavy atom. The van der Waals surface area contributed by atoms with Crippen molar-refractivity contribution in [1.29, 1.82) is 0 Å². The molecule has 0 aliphatic carbocycles. The van der Waals surface area contributed by atoms with E-state index >= 15 is 0 Å². The number of nitrogens with zero attached hydrogens (tertiary/aromatic N) is 4. The number of nitrogens with two attached hydrogens (primary N) is 1. The number of carbonyl (C=O) groups is 2. The summed E-state index contributed by atoms with van der Waals surface area (Å²) in [6.45, 7) is 4.39. The molecule has 11 nitrogen and oxygen atoms in total. The highest BCUT2D eigenvalue weighted by molar-refractivity contribution is 6.07.